The molecule has 29 heavy (non-hydrogen) atoms. The topological polar surface area (TPSA) is 94.3 Å². The van der Waals surface area contributed by atoms with Crippen molar-refractivity contribution in [3.8, 4) is 5.75 Å². The Kier molecular flexibility index (Phi) is 4.59. The SMILES string of the molecule is COc1ccc([C@H]2OC(c3ccccc3[N+](=O)[O-])=NN2C(C)=O)c2ccccc12. The maximum atomic E-state index is 12.3. The molecule has 1 amide bonds. The number of nitrogens with zero attached hydrogens (tertiary/aromatic N) is 3. The quantitative estimate of drug-likeness (QED) is 0.495. The van der Waals surface area contributed by atoms with Crippen LogP contribution < -0.4 is 4.74 Å². The van der Waals surface area contributed by atoms with E-state index in [1.54, 1.807) is 37.4 Å². The molecule has 1 aliphatic rings. The Bertz CT molecular complexity index is 1160. The van der Waals surface area contributed by atoms with Crippen molar-refractivity contribution in [3.05, 3.63) is 81.9 Å². The Balaban J connectivity index is 1.83. The Hall–Kier alpha value is -3.94. The van der Waals surface area contributed by atoms with Crippen molar-refractivity contribution in [2.24, 2.45) is 5.10 Å². The molecule has 0 saturated heterocycles. The fraction of sp³-hybridized carbons (Fsp3) is 0.143. The van der Waals surface area contributed by atoms with Crippen LogP contribution in [0.2, 0.25) is 0 Å². The highest BCUT2D eigenvalue weighted by molar-refractivity contribution is 6.00. The van der Waals surface area contributed by atoms with Crippen molar-refractivity contribution >= 4 is 28.3 Å². The molecule has 1 heterocycles. The smallest absolute Gasteiger partial charge is 0.282 e. The number of hydrogen-bond donors (Lipinski definition) is 0. The minimum atomic E-state index is -0.849. The zero-order valence-electron chi connectivity index (χ0n) is 15.7. The molecule has 8 heteroatoms. The second-order valence-electron chi connectivity index (χ2n) is 6.42. The van der Waals surface area contributed by atoms with Crippen molar-refractivity contribution in [1.29, 1.82) is 0 Å². The van der Waals surface area contributed by atoms with Gasteiger partial charge in [-0.25, -0.2) is 0 Å². The Morgan fingerprint density at radius 1 is 1.10 bits per heavy atom. The lowest BCUT2D eigenvalue weighted by Crippen LogP contribution is -2.25. The predicted molar refractivity (Wildman–Crippen MR) is 106 cm³/mol. The van der Waals surface area contributed by atoms with Gasteiger partial charge in [0.15, 0.2) is 0 Å². The van der Waals surface area contributed by atoms with Crippen LogP contribution in [-0.2, 0) is 9.53 Å². The lowest BCUT2D eigenvalue weighted by atomic mass is 10.0. The number of hydrogen-bond acceptors (Lipinski definition) is 6. The molecule has 0 unspecified atom stereocenters. The van der Waals surface area contributed by atoms with Gasteiger partial charge in [0, 0.05) is 23.9 Å². The molecular weight excluding hydrogens is 374 g/mol. The summed E-state index contributed by atoms with van der Waals surface area (Å²) < 4.78 is 11.4. The molecule has 0 N–H and O–H groups in total. The second-order valence-corrected chi connectivity index (χ2v) is 6.42. The maximum absolute atomic E-state index is 12.3. The summed E-state index contributed by atoms with van der Waals surface area (Å²) in [6.45, 7) is 1.37. The highest BCUT2D eigenvalue weighted by atomic mass is 16.6. The first-order chi connectivity index (χ1) is 14.0. The number of carbonyl (C=O) groups excluding carboxylic acids is 1. The van der Waals surface area contributed by atoms with Crippen LogP contribution in [0.25, 0.3) is 10.8 Å². The van der Waals surface area contributed by atoms with Gasteiger partial charge in [0.2, 0.25) is 18.0 Å². The standard InChI is InChI=1S/C21H17N3O5/c1-13(25)23-21(16-11-12-19(28-2)15-8-4-3-7-14(15)16)29-20(22-23)17-9-5-6-10-18(17)24(26)27/h3-12,21H,1-2H3/t21-/m1/s1. The third-order valence-corrected chi connectivity index (χ3v) is 4.70. The molecule has 1 atom stereocenters. The first-order valence-corrected chi connectivity index (χ1v) is 8.85. The molecule has 0 saturated carbocycles. The van der Waals surface area contributed by atoms with Gasteiger partial charge in [-0.15, -0.1) is 5.10 Å². The molecule has 0 bridgehead atoms. The van der Waals surface area contributed by atoms with Gasteiger partial charge in [-0.1, -0.05) is 36.4 Å². The first kappa shape index (κ1) is 18.4. The molecule has 0 aromatic heterocycles. The molecule has 1 aliphatic heterocycles. The summed E-state index contributed by atoms with van der Waals surface area (Å²) in [6, 6.07) is 17.3. The summed E-state index contributed by atoms with van der Waals surface area (Å²) in [6.07, 6.45) is -0.849. The van der Waals surface area contributed by atoms with E-state index >= 15 is 0 Å². The summed E-state index contributed by atoms with van der Waals surface area (Å²) in [7, 11) is 1.59. The second kappa shape index (κ2) is 7.23. The number of fused-ring (bicyclic) bond motifs is 1. The number of carbonyl (C=O) groups is 1. The molecule has 146 valence electrons. The number of rotatable bonds is 4. The van der Waals surface area contributed by atoms with Crippen LogP contribution in [-0.4, -0.2) is 28.8 Å². The summed E-state index contributed by atoms with van der Waals surface area (Å²) in [5, 5.41) is 18.5. The number of methoxy groups -OCH3 is 1. The van der Waals surface area contributed by atoms with Crippen molar-refractivity contribution in [2.75, 3.05) is 7.11 Å². The van der Waals surface area contributed by atoms with Gasteiger partial charge in [-0.3, -0.25) is 14.9 Å². The molecule has 0 fully saturated rings. The normalized spacial score (nSPS) is 15.7. The number of amides is 1. The molecular formula is C21H17N3O5. The van der Waals surface area contributed by atoms with E-state index in [9.17, 15) is 14.9 Å². The van der Waals surface area contributed by atoms with Gasteiger partial charge in [-0.05, 0) is 23.6 Å². The van der Waals surface area contributed by atoms with Crippen LogP contribution in [0.3, 0.4) is 0 Å². The molecule has 0 radical (unpaired) electrons. The van der Waals surface area contributed by atoms with Crippen molar-refractivity contribution < 1.29 is 19.2 Å². The Morgan fingerprint density at radius 3 is 2.48 bits per heavy atom. The summed E-state index contributed by atoms with van der Waals surface area (Å²) >= 11 is 0. The van der Waals surface area contributed by atoms with E-state index in [-0.39, 0.29) is 23.1 Å². The summed E-state index contributed by atoms with van der Waals surface area (Å²) in [5.41, 5.74) is 0.771. The summed E-state index contributed by atoms with van der Waals surface area (Å²) in [5.74, 6) is 0.373. The van der Waals surface area contributed by atoms with E-state index in [0.29, 0.717) is 11.3 Å². The highest BCUT2D eigenvalue weighted by Gasteiger charge is 2.36. The van der Waals surface area contributed by atoms with E-state index in [4.69, 9.17) is 9.47 Å². The Labute approximate surface area is 166 Å². The lowest BCUT2D eigenvalue weighted by molar-refractivity contribution is -0.385. The lowest BCUT2D eigenvalue weighted by Gasteiger charge is -2.21. The molecule has 0 spiro atoms. The van der Waals surface area contributed by atoms with E-state index in [1.807, 2.05) is 24.3 Å². The zero-order valence-corrected chi connectivity index (χ0v) is 15.7. The fourth-order valence-electron chi connectivity index (χ4n) is 3.38. The number of hydrazone groups is 1. The minimum absolute atomic E-state index is 0.0254. The number of nitro benzene ring substituents is 1. The molecule has 3 aromatic rings. The number of nitro groups is 1. The number of benzene rings is 3. The highest BCUT2D eigenvalue weighted by Crippen LogP contribution is 2.38. The predicted octanol–water partition coefficient (Wildman–Crippen LogP) is 4.00. The van der Waals surface area contributed by atoms with Crippen LogP contribution in [0, 0.1) is 10.1 Å². The van der Waals surface area contributed by atoms with E-state index in [2.05, 4.69) is 5.10 Å². The average molecular weight is 391 g/mol. The van der Waals surface area contributed by atoms with Gasteiger partial charge in [0.05, 0.1) is 12.0 Å². The molecule has 8 nitrogen and oxygen atoms in total. The fourth-order valence-corrected chi connectivity index (χ4v) is 3.38. The average Bonchev–Trinajstić information content (AvgIpc) is 3.18. The van der Waals surface area contributed by atoms with Crippen molar-refractivity contribution in [1.82, 2.24) is 5.01 Å². The third-order valence-electron chi connectivity index (χ3n) is 4.70. The van der Waals surface area contributed by atoms with Gasteiger partial charge >= 0.3 is 0 Å². The maximum Gasteiger partial charge on any atom is 0.282 e. The van der Waals surface area contributed by atoms with Crippen molar-refractivity contribution in [3.63, 3.8) is 0 Å². The molecule has 0 aliphatic carbocycles. The number of para-hydroxylation sites is 1. The van der Waals surface area contributed by atoms with E-state index in [0.717, 1.165) is 10.8 Å². The molecule has 4 rings (SSSR count). The van der Waals surface area contributed by atoms with Crippen LogP contribution in [0.5, 0.6) is 5.75 Å². The van der Waals surface area contributed by atoms with Crippen LogP contribution in [0.4, 0.5) is 5.69 Å². The third kappa shape index (κ3) is 3.14. The van der Waals surface area contributed by atoms with Gasteiger partial charge in [0.1, 0.15) is 11.3 Å². The number of ether oxygens (including phenoxy) is 2. The summed E-state index contributed by atoms with van der Waals surface area (Å²) in [4.78, 5) is 23.2. The van der Waals surface area contributed by atoms with E-state index in [1.165, 1.54) is 18.0 Å². The van der Waals surface area contributed by atoms with Crippen LogP contribution in [0.1, 0.15) is 24.3 Å². The van der Waals surface area contributed by atoms with Crippen molar-refractivity contribution in [2.45, 2.75) is 13.2 Å². The van der Waals surface area contributed by atoms with Crippen LogP contribution in [0.15, 0.2) is 65.8 Å². The zero-order chi connectivity index (χ0) is 20.5. The van der Waals surface area contributed by atoms with Crippen LogP contribution >= 0.6 is 0 Å². The largest absolute Gasteiger partial charge is 0.496 e. The van der Waals surface area contributed by atoms with Gasteiger partial charge in [-0.2, -0.15) is 5.01 Å². The first-order valence-electron chi connectivity index (χ1n) is 8.85. The van der Waals surface area contributed by atoms with Gasteiger partial charge < -0.3 is 9.47 Å². The van der Waals surface area contributed by atoms with E-state index < -0.39 is 11.2 Å². The minimum Gasteiger partial charge on any atom is -0.496 e. The molecule has 3 aromatic carbocycles. The Morgan fingerprint density at radius 2 is 1.79 bits per heavy atom. The van der Waals surface area contributed by atoms with Gasteiger partial charge in [0.25, 0.3) is 5.69 Å². The monoisotopic (exact) mass is 391 g/mol.